The van der Waals surface area contributed by atoms with Crippen LogP contribution in [0.25, 0.3) is 6.08 Å². The zero-order chi connectivity index (χ0) is 20.3. The van der Waals surface area contributed by atoms with E-state index in [-0.39, 0.29) is 11.3 Å². The minimum atomic E-state index is -1.04. The highest BCUT2D eigenvalue weighted by atomic mass is 35.5. The minimum absolute atomic E-state index is 0.0530. The monoisotopic (exact) mass is 424 g/mol. The van der Waals surface area contributed by atoms with Crippen molar-refractivity contribution in [2.24, 2.45) is 10.9 Å². The highest BCUT2D eigenvalue weighted by molar-refractivity contribution is 7.07. The van der Waals surface area contributed by atoms with Gasteiger partial charge in [0.05, 0.1) is 10.6 Å². The van der Waals surface area contributed by atoms with Crippen LogP contribution in [0.1, 0.15) is 31.0 Å². The molecule has 2 bridgehead atoms. The first-order chi connectivity index (χ1) is 13.9. The summed E-state index contributed by atoms with van der Waals surface area (Å²) in [7, 11) is 0. The molecule has 0 amide bonds. The molecule has 0 aliphatic carbocycles. The van der Waals surface area contributed by atoms with Gasteiger partial charge in [0.1, 0.15) is 17.5 Å². The average Bonchev–Trinajstić information content (AvgIpc) is 2.96. The second kappa shape index (κ2) is 6.40. The van der Waals surface area contributed by atoms with E-state index in [1.807, 2.05) is 49.4 Å². The van der Waals surface area contributed by atoms with Gasteiger partial charge in [-0.05, 0) is 43.7 Å². The standard InChI is InChI=1S/C22H17ClN2O3S/c1-12(26)18-19-15-5-3-4-6-16(15)28-22(18,2)24-21-25(19)20(27)17(29-21)11-13-7-9-14(23)10-8-13/h3-11,18-19H,1-2H3/b17-11-. The quantitative estimate of drug-likeness (QED) is 0.635. The van der Waals surface area contributed by atoms with Gasteiger partial charge >= 0.3 is 0 Å². The number of para-hydroxylation sites is 1. The molecule has 0 spiro atoms. The number of Topliss-reactive ketones (excluding diaryl/α,β-unsaturated/α-hetero) is 1. The first kappa shape index (κ1) is 18.3. The molecule has 3 atom stereocenters. The lowest BCUT2D eigenvalue weighted by molar-refractivity contribution is -0.132. The van der Waals surface area contributed by atoms with Crippen molar-refractivity contribution in [2.75, 3.05) is 0 Å². The fraction of sp³-hybridized carbons (Fsp3) is 0.227. The lowest BCUT2D eigenvalue weighted by Gasteiger charge is -2.45. The second-order valence-electron chi connectivity index (χ2n) is 7.46. The fourth-order valence-electron chi connectivity index (χ4n) is 4.27. The number of carbonyl (C=O) groups excluding carboxylic acids is 1. The molecule has 1 aromatic heterocycles. The molecule has 29 heavy (non-hydrogen) atoms. The molecule has 0 saturated carbocycles. The predicted molar refractivity (Wildman–Crippen MR) is 112 cm³/mol. The summed E-state index contributed by atoms with van der Waals surface area (Å²) in [5.41, 5.74) is 0.511. The van der Waals surface area contributed by atoms with Crippen LogP contribution in [-0.2, 0) is 4.79 Å². The Morgan fingerprint density at radius 1 is 1.24 bits per heavy atom. The lowest BCUT2D eigenvalue weighted by atomic mass is 9.79. The Labute approximate surface area is 175 Å². The molecule has 0 N–H and O–H groups in total. The largest absolute Gasteiger partial charge is 0.465 e. The normalized spacial score (nSPS) is 24.9. The van der Waals surface area contributed by atoms with E-state index < -0.39 is 17.7 Å². The number of fused-ring (bicyclic) bond motifs is 6. The van der Waals surface area contributed by atoms with Gasteiger partial charge in [-0.2, -0.15) is 0 Å². The maximum atomic E-state index is 13.4. The summed E-state index contributed by atoms with van der Waals surface area (Å²) in [6, 6.07) is 14.4. The van der Waals surface area contributed by atoms with Crippen LogP contribution in [0.5, 0.6) is 5.75 Å². The third-order valence-electron chi connectivity index (χ3n) is 5.49. The number of benzene rings is 2. The summed E-state index contributed by atoms with van der Waals surface area (Å²) in [4.78, 5) is 31.3. The van der Waals surface area contributed by atoms with Crippen molar-refractivity contribution < 1.29 is 9.53 Å². The van der Waals surface area contributed by atoms with Crippen LogP contribution in [0.3, 0.4) is 0 Å². The SMILES string of the molecule is CC(=O)C1C2c3ccccc3OC1(C)N=c1s/c(=C\c3ccc(Cl)cc3)c(=O)n12. The summed E-state index contributed by atoms with van der Waals surface area (Å²) in [6.07, 6.45) is 1.83. The Balaban J connectivity index is 1.80. The van der Waals surface area contributed by atoms with Gasteiger partial charge in [0, 0.05) is 10.6 Å². The Kier molecular flexibility index (Phi) is 4.05. The number of hydrogen-bond donors (Lipinski definition) is 0. The second-order valence-corrected chi connectivity index (χ2v) is 8.90. The van der Waals surface area contributed by atoms with Gasteiger partial charge in [-0.25, -0.2) is 4.99 Å². The summed E-state index contributed by atoms with van der Waals surface area (Å²) in [5, 5.41) is 0.638. The molecule has 3 unspecified atom stereocenters. The van der Waals surface area contributed by atoms with Gasteiger partial charge in [-0.3, -0.25) is 14.2 Å². The molecule has 0 saturated heterocycles. The topological polar surface area (TPSA) is 60.7 Å². The van der Waals surface area contributed by atoms with Crippen LogP contribution in [0.2, 0.25) is 5.02 Å². The van der Waals surface area contributed by atoms with E-state index in [2.05, 4.69) is 0 Å². The smallest absolute Gasteiger partial charge is 0.270 e. The lowest BCUT2D eigenvalue weighted by Crippen LogP contribution is -2.58. The molecule has 3 heterocycles. The van der Waals surface area contributed by atoms with E-state index in [0.717, 1.165) is 11.1 Å². The van der Waals surface area contributed by atoms with Gasteiger partial charge < -0.3 is 4.74 Å². The molecule has 0 fully saturated rings. The molecule has 5 rings (SSSR count). The maximum Gasteiger partial charge on any atom is 0.270 e. The van der Waals surface area contributed by atoms with Gasteiger partial charge in [-0.1, -0.05) is 53.3 Å². The summed E-state index contributed by atoms with van der Waals surface area (Å²) >= 11 is 7.27. The van der Waals surface area contributed by atoms with Crippen LogP contribution < -0.4 is 19.6 Å². The van der Waals surface area contributed by atoms with Crippen LogP contribution in [0.15, 0.2) is 58.3 Å². The molecule has 3 aromatic rings. The number of carbonyl (C=O) groups is 1. The van der Waals surface area contributed by atoms with Crippen LogP contribution in [0, 0.1) is 5.92 Å². The summed E-state index contributed by atoms with van der Waals surface area (Å²) < 4.78 is 8.39. The zero-order valence-corrected chi connectivity index (χ0v) is 17.3. The number of aromatic nitrogens is 1. The number of halogens is 1. The minimum Gasteiger partial charge on any atom is -0.465 e. The Bertz CT molecular complexity index is 1330. The van der Waals surface area contributed by atoms with Gasteiger partial charge in [-0.15, -0.1) is 0 Å². The number of hydrogen-bond acceptors (Lipinski definition) is 5. The third-order valence-corrected chi connectivity index (χ3v) is 6.72. The van der Waals surface area contributed by atoms with E-state index >= 15 is 0 Å². The van der Waals surface area contributed by atoms with E-state index in [1.165, 1.54) is 18.3 Å². The maximum absolute atomic E-state index is 13.4. The highest BCUT2D eigenvalue weighted by Gasteiger charge is 2.53. The Hall–Kier alpha value is -2.70. The van der Waals surface area contributed by atoms with Crippen molar-refractivity contribution in [3.8, 4) is 5.75 Å². The molecule has 2 aliphatic heterocycles. The molecule has 7 heteroatoms. The molecular formula is C22H17ClN2O3S. The number of ketones is 1. The van der Waals surface area contributed by atoms with E-state index in [4.69, 9.17) is 21.3 Å². The molecular weight excluding hydrogens is 408 g/mol. The Morgan fingerprint density at radius 3 is 2.69 bits per heavy atom. The summed E-state index contributed by atoms with van der Waals surface area (Å²) in [6.45, 7) is 3.35. The highest BCUT2D eigenvalue weighted by Crippen LogP contribution is 2.47. The van der Waals surface area contributed by atoms with Crippen LogP contribution in [-0.4, -0.2) is 16.1 Å². The van der Waals surface area contributed by atoms with Crippen molar-refractivity contribution in [3.05, 3.63) is 84.4 Å². The molecule has 146 valence electrons. The van der Waals surface area contributed by atoms with Crippen LogP contribution >= 0.6 is 22.9 Å². The molecule has 0 radical (unpaired) electrons. The third kappa shape index (κ3) is 2.78. The Morgan fingerprint density at radius 2 is 1.97 bits per heavy atom. The van der Waals surface area contributed by atoms with Crippen molar-refractivity contribution in [1.29, 1.82) is 0 Å². The average molecular weight is 425 g/mol. The van der Waals surface area contributed by atoms with Crippen molar-refractivity contribution in [3.63, 3.8) is 0 Å². The van der Waals surface area contributed by atoms with E-state index in [1.54, 1.807) is 16.7 Å². The zero-order valence-electron chi connectivity index (χ0n) is 15.8. The number of rotatable bonds is 2. The number of nitrogens with zero attached hydrogens (tertiary/aromatic N) is 2. The van der Waals surface area contributed by atoms with Crippen molar-refractivity contribution in [1.82, 2.24) is 4.57 Å². The number of ether oxygens (including phenoxy) is 1. The van der Waals surface area contributed by atoms with E-state index in [9.17, 15) is 9.59 Å². The van der Waals surface area contributed by atoms with Crippen LogP contribution in [0.4, 0.5) is 0 Å². The summed E-state index contributed by atoms with van der Waals surface area (Å²) in [5.74, 6) is 0.0385. The molecule has 5 nitrogen and oxygen atoms in total. The molecule has 2 aliphatic rings. The van der Waals surface area contributed by atoms with E-state index in [0.29, 0.717) is 20.1 Å². The van der Waals surface area contributed by atoms with Crippen molar-refractivity contribution in [2.45, 2.75) is 25.6 Å². The molecule has 2 aromatic carbocycles. The fourth-order valence-corrected chi connectivity index (χ4v) is 5.49. The van der Waals surface area contributed by atoms with Gasteiger partial charge in [0.25, 0.3) is 5.56 Å². The van der Waals surface area contributed by atoms with Gasteiger partial charge in [0.2, 0.25) is 5.72 Å². The van der Waals surface area contributed by atoms with Gasteiger partial charge in [0.15, 0.2) is 4.80 Å². The first-order valence-electron chi connectivity index (χ1n) is 9.24. The van der Waals surface area contributed by atoms with Crippen molar-refractivity contribution >= 4 is 34.8 Å². The number of thiazole rings is 1. The predicted octanol–water partition coefficient (Wildman–Crippen LogP) is 2.93. The first-order valence-corrected chi connectivity index (χ1v) is 10.4.